The maximum atomic E-state index is 11.9. The number of benzene rings is 2. The highest BCUT2D eigenvalue weighted by Crippen LogP contribution is 2.34. The molecule has 7 nitrogen and oxygen atoms in total. The molecule has 0 atom stereocenters. The number of esters is 1. The van der Waals surface area contributed by atoms with Crippen LogP contribution in [0.1, 0.15) is 15.9 Å². The van der Waals surface area contributed by atoms with Gasteiger partial charge in [-0.15, -0.1) is 0 Å². The van der Waals surface area contributed by atoms with Crippen LogP contribution in [0.25, 0.3) is 10.9 Å². The van der Waals surface area contributed by atoms with E-state index in [4.69, 9.17) is 21.1 Å². The molecule has 8 heteroatoms. The molecule has 132 valence electrons. The molecule has 0 N–H and O–H groups in total. The Kier molecular flexibility index (Phi) is 4.73. The first kappa shape index (κ1) is 17.6. The molecule has 1 heterocycles. The fourth-order valence-electron chi connectivity index (χ4n) is 2.51. The Morgan fingerprint density at radius 1 is 1.23 bits per heavy atom. The quantitative estimate of drug-likeness (QED) is 0.375. The van der Waals surface area contributed by atoms with Crippen molar-refractivity contribution >= 4 is 34.2 Å². The summed E-state index contributed by atoms with van der Waals surface area (Å²) in [7, 11) is 1.31. The van der Waals surface area contributed by atoms with Crippen molar-refractivity contribution in [3.8, 4) is 11.5 Å². The number of hydrogen-bond donors (Lipinski definition) is 0. The Morgan fingerprint density at radius 2 is 2.00 bits per heavy atom. The molecule has 0 fully saturated rings. The molecule has 0 spiro atoms. The summed E-state index contributed by atoms with van der Waals surface area (Å²) in [5.74, 6) is 0.173. The smallest absolute Gasteiger partial charge is 0.338 e. The average molecular weight is 373 g/mol. The minimum Gasteiger partial charge on any atom is -0.465 e. The Bertz CT molecular complexity index is 1040. The number of nitro benzene ring substituents is 1. The molecular formula is C18H13ClN2O5. The molecule has 3 aromatic rings. The van der Waals surface area contributed by atoms with Gasteiger partial charge in [-0.3, -0.25) is 15.1 Å². The third-order valence-electron chi connectivity index (χ3n) is 3.80. The minimum absolute atomic E-state index is 0.0190. The number of rotatable bonds is 4. The van der Waals surface area contributed by atoms with Crippen LogP contribution >= 0.6 is 11.6 Å². The molecule has 0 unspecified atom stereocenters. The lowest BCUT2D eigenvalue weighted by molar-refractivity contribution is -0.384. The highest BCUT2D eigenvalue weighted by Gasteiger charge is 2.16. The molecular weight excluding hydrogens is 360 g/mol. The maximum absolute atomic E-state index is 11.9. The molecule has 0 amide bonds. The van der Waals surface area contributed by atoms with Crippen molar-refractivity contribution in [3.05, 3.63) is 68.9 Å². The van der Waals surface area contributed by atoms with Crippen molar-refractivity contribution in [1.29, 1.82) is 0 Å². The summed E-state index contributed by atoms with van der Waals surface area (Å²) in [6.07, 6.45) is 1.55. The zero-order valence-electron chi connectivity index (χ0n) is 13.9. The monoisotopic (exact) mass is 372 g/mol. The third kappa shape index (κ3) is 3.29. The van der Waals surface area contributed by atoms with Gasteiger partial charge in [0.1, 0.15) is 16.5 Å². The van der Waals surface area contributed by atoms with Gasteiger partial charge in [0.05, 0.1) is 29.2 Å². The van der Waals surface area contributed by atoms with Crippen LogP contribution in [0.4, 0.5) is 5.69 Å². The van der Waals surface area contributed by atoms with Gasteiger partial charge in [-0.25, -0.2) is 4.79 Å². The van der Waals surface area contributed by atoms with Gasteiger partial charge in [0.15, 0.2) is 0 Å². The van der Waals surface area contributed by atoms with Crippen LogP contribution in [0.3, 0.4) is 0 Å². The van der Waals surface area contributed by atoms with Gasteiger partial charge in [-0.1, -0.05) is 11.6 Å². The van der Waals surface area contributed by atoms with E-state index in [0.717, 1.165) is 5.56 Å². The lowest BCUT2D eigenvalue weighted by Gasteiger charge is -2.11. The predicted octanol–water partition coefficient (Wildman–Crippen LogP) is 4.68. The third-order valence-corrected chi connectivity index (χ3v) is 4.11. The van der Waals surface area contributed by atoms with Crippen LogP contribution in [0, 0.1) is 17.0 Å². The molecule has 0 bridgehead atoms. The second-order valence-corrected chi connectivity index (χ2v) is 5.86. The molecule has 1 aromatic heterocycles. The first-order valence-corrected chi connectivity index (χ1v) is 7.88. The van der Waals surface area contributed by atoms with E-state index in [1.165, 1.54) is 25.3 Å². The van der Waals surface area contributed by atoms with Crippen LogP contribution < -0.4 is 4.74 Å². The van der Waals surface area contributed by atoms with Gasteiger partial charge in [-0.2, -0.15) is 0 Å². The van der Waals surface area contributed by atoms with Gasteiger partial charge in [0, 0.05) is 11.6 Å². The number of ether oxygens (including phenoxy) is 2. The molecule has 2 aromatic carbocycles. The summed E-state index contributed by atoms with van der Waals surface area (Å²) < 4.78 is 10.6. The zero-order valence-corrected chi connectivity index (χ0v) is 14.6. The van der Waals surface area contributed by atoms with Crippen molar-refractivity contribution in [1.82, 2.24) is 4.98 Å². The second-order valence-electron chi connectivity index (χ2n) is 5.46. The van der Waals surface area contributed by atoms with Crippen molar-refractivity contribution < 1.29 is 19.2 Å². The van der Waals surface area contributed by atoms with Gasteiger partial charge in [0.2, 0.25) is 0 Å². The minimum atomic E-state index is -0.585. The normalized spacial score (nSPS) is 10.6. The van der Waals surface area contributed by atoms with Crippen LogP contribution in [-0.4, -0.2) is 23.0 Å². The number of methoxy groups -OCH3 is 1. The summed E-state index contributed by atoms with van der Waals surface area (Å²) in [6, 6.07) is 9.14. The Hall–Kier alpha value is -3.19. The van der Waals surface area contributed by atoms with Gasteiger partial charge in [0.25, 0.3) is 5.69 Å². The van der Waals surface area contributed by atoms with Gasteiger partial charge in [-0.05, 0) is 42.8 Å². The standard InChI is InChI=1S/C18H13ClN2O5/c1-10-7-15-13(9-12(10)18(22)25-2)17(5-6-20-15)26-11-3-4-14(19)16(8-11)21(23)24/h3-9H,1-2H3. The van der Waals surface area contributed by atoms with E-state index in [1.54, 1.807) is 31.3 Å². The summed E-state index contributed by atoms with van der Waals surface area (Å²) in [6.45, 7) is 1.78. The molecule has 0 radical (unpaired) electrons. The Balaban J connectivity index is 2.09. The zero-order chi connectivity index (χ0) is 18.8. The molecule has 3 rings (SSSR count). The number of nitrogens with zero attached hydrogens (tertiary/aromatic N) is 2. The lowest BCUT2D eigenvalue weighted by Crippen LogP contribution is -2.04. The van der Waals surface area contributed by atoms with E-state index < -0.39 is 10.9 Å². The largest absolute Gasteiger partial charge is 0.465 e. The fourth-order valence-corrected chi connectivity index (χ4v) is 2.70. The number of halogens is 1. The highest BCUT2D eigenvalue weighted by molar-refractivity contribution is 6.32. The van der Waals surface area contributed by atoms with Crippen LogP contribution in [0.15, 0.2) is 42.6 Å². The first-order valence-electron chi connectivity index (χ1n) is 7.50. The first-order chi connectivity index (χ1) is 12.4. The van der Waals surface area contributed by atoms with E-state index in [9.17, 15) is 14.9 Å². The van der Waals surface area contributed by atoms with Crippen molar-refractivity contribution in [2.75, 3.05) is 7.11 Å². The van der Waals surface area contributed by atoms with E-state index >= 15 is 0 Å². The number of carbonyl (C=O) groups excluding carboxylic acids is 1. The summed E-state index contributed by atoms with van der Waals surface area (Å²) >= 11 is 5.82. The van der Waals surface area contributed by atoms with Crippen LogP contribution in [0.5, 0.6) is 11.5 Å². The molecule has 26 heavy (non-hydrogen) atoms. The number of aryl methyl sites for hydroxylation is 1. The van der Waals surface area contributed by atoms with E-state index in [-0.39, 0.29) is 16.5 Å². The van der Waals surface area contributed by atoms with Crippen molar-refractivity contribution in [2.45, 2.75) is 6.92 Å². The Morgan fingerprint density at radius 3 is 2.69 bits per heavy atom. The fraction of sp³-hybridized carbons (Fsp3) is 0.111. The SMILES string of the molecule is COC(=O)c1cc2c(Oc3ccc(Cl)c([N+](=O)[O-])c3)ccnc2cc1C. The number of carbonyl (C=O) groups is 1. The number of pyridine rings is 1. The number of hydrogen-bond acceptors (Lipinski definition) is 6. The highest BCUT2D eigenvalue weighted by atomic mass is 35.5. The van der Waals surface area contributed by atoms with Crippen LogP contribution in [0.2, 0.25) is 5.02 Å². The number of fused-ring (bicyclic) bond motifs is 1. The van der Waals surface area contributed by atoms with Gasteiger partial charge >= 0.3 is 5.97 Å². The van der Waals surface area contributed by atoms with Crippen molar-refractivity contribution in [3.63, 3.8) is 0 Å². The molecule has 0 aliphatic heterocycles. The average Bonchev–Trinajstić information content (AvgIpc) is 2.62. The molecule has 0 aliphatic rings. The van der Waals surface area contributed by atoms with E-state index in [0.29, 0.717) is 22.2 Å². The summed E-state index contributed by atoms with van der Waals surface area (Å²) in [5.41, 5.74) is 1.47. The van der Waals surface area contributed by atoms with Crippen molar-refractivity contribution in [2.24, 2.45) is 0 Å². The van der Waals surface area contributed by atoms with E-state index in [2.05, 4.69) is 4.98 Å². The molecule has 0 aliphatic carbocycles. The maximum Gasteiger partial charge on any atom is 0.338 e. The number of nitro groups is 1. The summed E-state index contributed by atoms with van der Waals surface area (Å²) in [5, 5.41) is 11.6. The van der Waals surface area contributed by atoms with Gasteiger partial charge < -0.3 is 9.47 Å². The predicted molar refractivity (Wildman–Crippen MR) is 96.0 cm³/mol. The molecule has 0 saturated carbocycles. The number of aromatic nitrogens is 1. The Labute approximate surface area is 153 Å². The second kappa shape index (κ2) is 6.97. The van der Waals surface area contributed by atoms with Crippen LogP contribution in [-0.2, 0) is 4.74 Å². The topological polar surface area (TPSA) is 91.6 Å². The summed E-state index contributed by atoms with van der Waals surface area (Å²) in [4.78, 5) is 26.6. The molecule has 0 saturated heterocycles. The lowest BCUT2D eigenvalue weighted by atomic mass is 10.0. The van der Waals surface area contributed by atoms with E-state index in [1.807, 2.05) is 0 Å².